The first-order valence-electron chi connectivity index (χ1n) is 8.97. The van der Waals surface area contributed by atoms with Crippen LogP contribution in [0.5, 0.6) is 0 Å². The summed E-state index contributed by atoms with van der Waals surface area (Å²) in [6.07, 6.45) is 0. The van der Waals surface area contributed by atoms with Crippen LogP contribution in [-0.2, 0) is 0 Å². The number of likely N-dealkylation sites (tertiary alicyclic amines) is 1. The van der Waals surface area contributed by atoms with Crippen LogP contribution in [0.2, 0.25) is 0 Å². The summed E-state index contributed by atoms with van der Waals surface area (Å²) in [4.78, 5) is 9.64. The molecule has 4 nitrogen and oxygen atoms in total. The molecular formula is C21H24N4. The number of aryl methyl sites for hydroxylation is 2. The first-order chi connectivity index (χ1) is 12.1. The quantitative estimate of drug-likeness (QED) is 0.846. The van der Waals surface area contributed by atoms with Gasteiger partial charge in [0.2, 0.25) is 0 Å². The van der Waals surface area contributed by atoms with E-state index in [0.717, 1.165) is 36.7 Å². The molecule has 0 bridgehead atoms. The number of fused-ring (bicyclic) bond motifs is 1. The Balaban J connectivity index is 1.61. The molecule has 128 valence electrons. The van der Waals surface area contributed by atoms with Gasteiger partial charge in [0.1, 0.15) is 11.9 Å². The van der Waals surface area contributed by atoms with Crippen molar-refractivity contribution in [3.63, 3.8) is 0 Å². The Labute approximate surface area is 149 Å². The molecule has 3 heterocycles. The number of hydrogen-bond acceptors (Lipinski definition) is 4. The van der Waals surface area contributed by atoms with Gasteiger partial charge in [-0.3, -0.25) is 4.90 Å². The van der Waals surface area contributed by atoms with Gasteiger partial charge in [0, 0.05) is 31.6 Å². The number of benzene rings is 1. The van der Waals surface area contributed by atoms with Gasteiger partial charge in [0.05, 0.1) is 11.3 Å². The minimum Gasteiger partial charge on any atom is -0.356 e. The predicted octanol–water partition coefficient (Wildman–Crippen LogP) is 3.31. The molecule has 0 unspecified atom stereocenters. The minimum atomic E-state index is 0.483. The third-order valence-corrected chi connectivity index (χ3v) is 5.86. The highest BCUT2D eigenvalue weighted by atomic mass is 15.3. The molecule has 2 fully saturated rings. The van der Waals surface area contributed by atoms with E-state index in [9.17, 15) is 5.26 Å². The van der Waals surface area contributed by atoms with Crippen molar-refractivity contribution in [3.05, 3.63) is 58.8 Å². The summed E-state index contributed by atoms with van der Waals surface area (Å²) in [6.45, 7) is 7.16. The Morgan fingerprint density at radius 1 is 1.12 bits per heavy atom. The largest absolute Gasteiger partial charge is 0.356 e. The van der Waals surface area contributed by atoms with Crippen LogP contribution in [0.1, 0.15) is 28.4 Å². The number of aromatic nitrogens is 1. The second-order valence-corrected chi connectivity index (χ2v) is 7.49. The Morgan fingerprint density at radius 2 is 1.88 bits per heavy atom. The first kappa shape index (κ1) is 16.1. The van der Waals surface area contributed by atoms with Crippen molar-refractivity contribution in [3.8, 4) is 6.07 Å². The lowest BCUT2D eigenvalue weighted by molar-refractivity contribution is 0.280. The van der Waals surface area contributed by atoms with Crippen LogP contribution in [0.3, 0.4) is 0 Å². The average molecular weight is 332 g/mol. The number of nitriles is 1. The molecule has 0 radical (unpaired) electrons. The maximum absolute atomic E-state index is 9.27. The number of pyridine rings is 1. The van der Waals surface area contributed by atoms with Gasteiger partial charge >= 0.3 is 0 Å². The number of anilines is 1. The van der Waals surface area contributed by atoms with Gasteiger partial charge in [0.25, 0.3) is 0 Å². The second-order valence-electron chi connectivity index (χ2n) is 7.49. The van der Waals surface area contributed by atoms with E-state index in [-0.39, 0.29) is 0 Å². The van der Waals surface area contributed by atoms with Gasteiger partial charge < -0.3 is 4.90 Å². The summed E-state index contributed by atoms with van der Waals surface area (Å²) in [5.41, 5.74) is 4.00. The lowest BCUT2D eigenvalue weighted by atomic mass is 9.90. The van der Waals surface area contributed by atoms with Crippen molar-refractivity contribution < 1.29 is 0 Å². The zero-order valence-electron chi connectivity index (χ0n) is 15.1. The van der Waals surface area contributed by atoms with Crippen LogP contribution in [-0.4, -0.2) is 36.6 Å². The van der Waals surface area contributed by atoms with E-state index in [2.05, 4.69) is 59.3 Å². The van der Waals surface area contributed by atoms with Crippen LogP contribution in [0.25, 0.3) is 0 Å². The fourth-order valence-electron chi connectivity index (χ4n) is 4.74. The van der Waals surface area contributed by atoms with E-state index in [0.29, 0.717) is 23.4 Å². The molecule has 0 N–H and O–H groups in total. The Morgan fingerprint density at radius 3 is 2.56 bits per heavy atom. The summed E-state index contributed by atoms with van der Waals surface area (Å²) in [5, 5.41) is 9.27. The molecular weight excluding hydrogens is 308 g/mol. The number of hydrogen-bond donors (Lipinski definition) is 0. The van der Waals surface area contributed by atoms with Crippen LogP contribution in [0.15, 0.2) is 36.4 Å². The van der Waals surface area contributed by atoms with E-state index >= 15 is 0 Å². The molecule has 0 spiro atoms. The highest BCUT2D eigenvalue weighted by Crippen LogP contribution is 2.44. The van der Waals surface area contributed by atoms with Crippen molar-refractivity contribution in [2.75, 3.05) is 31.6 Å². The fourth-order valence-corrected chi connectivity index (χ4v) is 4.74. The van der Waals surface area contributed by atoms with Crippen LogP contribution < -0.4 is 4.90 Å². The van der Waals surface area contributed by atoms with E-state index in [1.807, 2.05) is 13.8 Å². The standard InChI is InChI=1S/C21H24N4/c1-14-9-20(23-15(2)18(14)10-22)25-12-17-11-24(3)21(19(17)13-25)16-7-5-4-6-8-16/h4-9,17,19,21H,11-13H2,1-3H3/t17-,19+,21-/m0/s1. The smallest absolute Gasteiger partial charge is 0.129 e. The summed E-state index contributed by atoms with van der Waals surface area (Å²) in [5.74, 6) is 2.33. The molecule has 2 saturated heterocycles. The Kier molecular flexibility index (Phi) is 3.97. The minimum absolute atomic E-state index is 0.483. The molecule has 4 rings (SSSR count). The Hall–Kier alpha value is -2.38. The first-order valence-corrected chi connectivity index (χ1v) is 8.97. The van der Waals surface area contributed by atoms with Gasteiger partial charge in [-0.15, -0.1) is 0 Å². The number of rotatable bonds is 2. The van der Waals surface area contributed by atoms with Crippen molar-refractivity contribution >= 4 is 5.82 Å². The molecule has 0 aliphatic carbocycles. The highest BCUT2D eigenvalue weighted by molar-refractivity contribution is 5.51. The molecule has 3 atom stereocenters. The average Bonchev–Trinajstić information content (AvgIpc) is 3.12. The summed E-state index contributed by atoms with van der Waals surface area (Å²) in [7, 11) is 2.24. The van der Waals surface area contributed by atoms with Crippen LogP contribution in [0.4, 0.5) is 5.82 Å². The summed E-state index contributed by atoms with van der Waals surface area (Å²) >= 11 is 0. The van der Waals surface area contributed by atoms with Gasteiger partial charge in [0.15, 0.2) is 0 Å². The zero-order chi connectivity index (χ0) is 17.6. The third kappa shape index (κ3) is 2.69. The van der Waals surface area contributed by atoms with Crippen molar-refractivity contribution in [1.29, 1.82) is 5.26 Å². The maximum Gasteiger partial charge on any atom is 0.129 e. The van der Waals surface area contributed by atoms with E-state index < -0.39 is 0 Å². The molecule has 0 saturated carbocycles. The maximum atomic E-state index is 9.27. The molecule has 25 heavy (non-hydrogen) atoms. The zero-order valence-corrected chi connectivity index (χ0v) is 15.1. The molecule has 0 amide bonds. The van der Waals surface area contributed by atoms with E-state index in [4.69, 9.17) is 4.98 Å². The van der Waals surface area contributed by atoms with Gasteiger partial charge in [-0.2, -0.15) is 5.26 Å². The normalized spacial score (nSPS) is 25.8. The SMILES string of the molecule is Cc1cc(N2C[C@@H]3CN(C)[C@@H](c4ccccc4)[C@@H]3C2)nc(C)c1C#N. The van der Waals surface area contributed by atoms with Gasteiger partial charge in [-0.1, -0.05) is 30.3 Å². The molecule has 2 aliphatic rings. The second kappa shape index (κ2) is 6.16. The topological polar surface area (TPSA) is 43.2 Å². The van der Waals surface area contributed by atoms with Gasteiger partial charge in [-0.25, -0.2) is 4.98 Å². The van der Waals surface area contributed by atoms with Crippen LogP contribution in [0, 0.1) is 37.0 Å². The molecule has 1 aromatic heterocycles. The van der Waals surface area contributed by atoms with E-state index in [1.165, 1.54) is 5.56 Å². The highest BCUT2D eigenvalue weighted by Gasteiger charge is 2.46. The molecule has 2 aliphatic heterocycles. The van der Waals surface area contributed by atoms with Crippen molar-refractivity contribution in [2.45, 2.75) is 19.9 Å². The molecule has 1 aromatic carbocycles. The third-order valence-electron chi connectivity index (χ3n) is 5.86. The van der Waals surface area contributed by atoms with Gasteiger partial charge in [-0.05, 0) is 44.0 Å². The Bertz CT molecular complexity index is 801. The fraction of sp³-hybridized carbons (Fsp3) is 0.429. The lowest BCUT2D eigenvalue weighted by Gasteiger charge is -2.27. The lowest BCUT2D eigenvalue weighted by Crippen LogP contribution is -2.29. The summed E-state index contributed by atoms with van der Waals surface area (Å²) < 4.78 is 0. The summed E-state index contributed by atoms with van der Waals surface area (Å²) in [6, 6.07) is 15.7. The predicted molar refractivity (Wildman–Crippen MR) is 99.4 cm³/mol. The van der Waals surface area contributed by atoms with Crippen molar-refractivity contribution in [1.82, 2.24) is 9.88 Å². The monoisotopic (exact) mass is 332 g/mol. The molecule has 2 aromatic rings. The van der Waals surface area contributed by atoms with E-state index in [1.54, 1.807) is 0 Å². The molecule has 4 heteroatoms. The number of nitrogens with zero attached hydrogens (tertiary/aromatic N) is 4. The van der Waals surface area contributed by atoms with Crippen molar-refractivity contribution in [2.24, 2.45) is 11.8 Å². The van der Waals surface area contributed by atoms with Crippen LogP contribution >= 0.6 is 0 Å².